The summed E-state index contributed by atoms with van der Waals surface area (Å²) in [6, 6.07) is 0.354. The van der Waals surface area contributed by atoms with Crippen LogP contribution in [0.1, 0.15) is 66.7 Å². The smallest absolute Gasteiger partial charge is 0.243 e. The van der Waals surface area contributed by atoms with E-state index in [1.807, 2.05) is 0 Å². The standard InChI is InChI=1S/C20H33NO/c1-6-15-14-7-8-17-20(5,12-10-18(22)21-17)16(14)9-11-19(15,4)13(2)3/h10,12-17H,6-9,11H2,1-5H3,(H,21,22)/t14?,15?,16?,17?,19-,20-/m1/s1. The molecule has 2 nitrogen and oxygen atoms in total. The summed E-state index contributed by atoms with van der Waals surface area (Å²) in [7, 11) is 0. The second-order valence-electron chi connectivity index (χ2n) is 8.82. The maximum absolute atomic E-state index is 11.7. The Bertz CT molecular complexity index is 482. The van der Waals surface area contributed by atoms with E-state index in [-0.39, 0.29) is 11.3 Å². The minimum absolute atomic E-state index is 0.107. The van der Waals surface area contributed by atoms with Crippen LogP contribution in [0.2, 0.25) is 0 Å². The molecule has 2 aliphatic carbocycles. The van der Waals surface area contributed by atoms with E-state index >= 15 is 0 Å². The van der Waals surface area contributed by atoms with Crippen molar-refractivity contribution in [3.8, 4) is 0 Å². The molecule has 0 spiro atoms. The summed E-state index contributed by atoms with van der Waals surface area (Å²) in [5, 5.41) is 3.24. The molecular weight excluding hydrogens is 270 g/mol. The first-order valence-electron chi connectivity index (χ1n) is 9.32. The molecule has 0 aromatic carbocycles. The van der Waals surface area contributed by atoms with Crippen LogP contribution in [0.15, 0.2) is 12.2 Å². The van der Waals surface area contributed by atoms with Crippen LogP contribution in [0.25, 0.3) is 0 Å². The van der Waals surface area contributed by atoms with Gasteiger partial charge in [0, 0.05) is 11.5 Å². The summed E-state index contributed by atoms with van der Waals surface area (Å²) in [4.78, 5) is 11.7. The lowest BCUT2D eigenvalue weighted by molar-refractivity contribution is -0.124. The highest BCUT2D eigenvalue weighted by molar-refractivity contribution is 5.89. The van der Waals surface area contributed by atoms with Crippen LogP contribution in [0.5, 0.6) is 0 Å². The molecule has 4 unspecified atom stereocenters. The fourth-order valence-electron chi connectivity index (χ4n) is 6.17. The number of rotatable bonds is 2. The molecule has 1 N–H and O–H groups in total. The van der Waals surface area contributed by atoms with Crippen LogP contribution in [0, 0.1) is 34.5 Å². The van der Waals surface area contributed by atoms with Gasteiger partial charge in [0.15, 0.2) is 0 Å². The lowest BCUT2D eigenvalue weighted by Gasteiger charge is -2.60. The number of carbonyl (C=O) groups excluding carboxylic acids is 1. The van der Waals surface area contributed by atoms with Crippen LogP contribution in [0.3, 0.4) is 0 Å². The molecule has 2 fully saturated rings. The maximum Gasteiger partial charge on any atom is 0.243 e. The Balaban J connectivity index is 1.94. The van der Waals surface area contributed by atoms with Crippen LogP contribution >= 0.6 is 0 Å². The van der Waals surface area contributed by atoms with Gasteiger partial charge in [0.1, 0.15) is 0 Å². The topological polar surface area (TPSA) is 29.1 Å². The van der Waals surface area contributed by atoms with Crippen molar-refractivity contribution in [2.45, 2.75) is 72.8 Å². The minimum atomic E-state index is 0.107. The van der Waals surface area contributed by atoms with E-state index in [2.05, 4.69) is 46.0 Å². The quantitative estimate of drug-likeness (QED) is 0.796. The summed E-state index contributed by atoms with van der Waals surface area (Å²) >= 11 is 0. The fourth-order valence-corrected chi connectivity index (χ4v) is 6.17. The van der Waals surface area contributed by atoms with E-state index in [1.165, 1.54) is 25.7 Å². The van der Waals surface area contributed by atoms with Crippen LogP contribution in [-0.2, 0) is 4.79 Å². The van der Waals surface area contributed by atoms with Gasteiger partial charge in [0.2, 0.25) is 5.91 Å². The number of hydrogen-bond donors (Lipinski definition) is 1. The Labute approximate surface area is 136 Å². The van der Waals surface area contributed by atoms with E-state index in [0.717, 1.165) is 30.1 Å². The highest BCUT2D eigenvalue weighted by atomic mass is 16.1. The third-order valence-electron chi connectivity index (χ3n) is 7.88. The Morgan fingerprint density at radius 2 is 2.00 bits per heavy atom. The molecule has 0 saturated heterocycles. The van der Waals surface area contributed by atoms with Gasteiger partial charge >= 0.3 is 0 Å². The number of carbonyl (C=O) groups is 1. The third-order valence-corrected chi connectivity index (χ3v) is 7.88. The molecule has 3 aliphatic rings. The zero-order chi connectivity index (χ0) is 16.1. The van der Waals surface area contributed by atoms with Crippen LogP contribution < -0.4 is 5.32 Å². The first-order valence-corrected chi connectivity index (χ1v) is 9.32. The lowest BCUT2D eigenvalue weighted by Crippen LogP contribution is -2.59. The zero-order valence-electron chi connectivity index (χ0n) is 15.0. The summed E-state index contributed by atoms with van der Waals surface area (Å²) < 4.78 is 0. The van der Waals surface area contributed by atoms with E-state index in [9.17, 15) is 4.79 Å². The van der Waals surface area contributed by atoms with Gasteiger partial charge in [0.25, 0.3) is 0 Å². The number of nitrogens with one attached hydrogen (secondary N) is 1. The SMILES string of the molecule is CCC1C2CCC3NC(=O)C=C[C@]3(C)C2CC[C@]1(C)C(C)C. The van der Waals surface area contributed by atoms with Crippen molar-refractivity contribution in [2.24, 2.45) is 34.5 Å². The van der Waals surface area contributed by atoms with Crippen LogP contribution in [-0.4, -0.2) is 11.9 Å². The molecule has 124 valence electrons. The molecule has 0 aromatic rings. The molecule has 1 amide bonds. The summed E-state index contributed by atoms with van der Waals surface area (Å²) in [6.45, 7) is 12.2. The highest BCUT2D eigenvalue weighted by Gasteiger charge is 2.56. The van der Waals surface area contributed by atoms with E-state index in [4.69, 9.17) is 0 Å². The number of hydrogen-bond acceptors (Lipinski definition) is 1. The molecule has 22 heavy (non-hydrogen) atoms. The second-order valence-corrected chi connectivity index (χ2v) is 8.82. The Morgan fingerprint density at radius 3 is 2.64 bits per heavy atom. The van der Waals surface area contributed by atoms with Crippen molar-refractivity contribution in [2.75, 3.05) is 0 Å². The largest absolute Gasteiger partial charge is 0.349 e. The molecule has 0 aromatic heterocycles. The summed E-state index contributed by atoms with van der Waals surface area (Å²) in [5.74, 6) is 3.25. The molecule has 1 aliphatic heterocycles. The van der Waals surface area contributed by atoms with Crippen molar-refractivity contribution in [1.29, 1.82) is 0 Å². The predicted molar refractivity (Wildman–Crippen MR) is 91.4 cm³/mol. The van der Waals surface area contributed by atoms with Gasteiger partial charge in [-0.1, -0.05) is 47.1 Å². The van der Waals surface area contributed by atoms with Crippen molar-refractivity contribution in [1.82, 2.24) is 5.32 Å². The van der Waals surface area contributed by atoms with Crippen molar-refractivity contribution >= 4 is 5.91 Å². The van der Waals surface area contributed by atoms with Gasteiger partial charge in [-0.3, -0.25) is 4.79 Å². The normalized spacial score (nSPS) is 47.8. The van der Waals surface area contributed by atoms with Crippen molar-refractivity contribution in [3.05, 3.63) is 12.2 Å². The average Bonchev–Trinajstić information content (AvgIpc) is 2.47. The fraction of sp³-hybridized carbons (Fsp3) is 0.850. The third kappa shape index (κ3) is 2.17. The number of fused-ring (bicyclic) bond motifs is 3. The zero-order valence-corrected chi connectivity index (χ0v) is 15.0. The first-order chi connectivity index (χ1) is 10.3. The van der Waals surface area contributed by atoms with Gasteiger partial charge in [-0.05, 0) is 60.8 Å². The first kappa shape index (κ1) is 16.1. The number of amides is 1. The maximum atomic E-state index is 11.7. The molecule has 6 atom stereocenters. The van der Waals surface area contributed by atoms with E-state index < -0.39 is 0 Å². The predicted octanol–water partition coefficient (Wildman–Crippen LogP) is 4.56. The Morgan fingerprint density at radius 1 is 1.27 bits per heavy atom. The molecule has 2 heteroatoms. The van der Waals surface area contributed by atoms with Gasteiger partial charge in [0.05, 0.1) is 0 Å². The molecule has 3 rings (SSSR count). The summed E-state index contributed by atoms with van der Waals surface area (Å²) in [6.07, 6.45) is 10.4. The lowest BCUT2D eigenvalue weighted by atomic mass is 9.46. The van der Waals surface area contributed by atoms with Gasteiger partial charge in [-0.25, -0.2) is 0 Å². The second kappa shape index (κ2) is 5.39. The van der Waals surface area contributed by atoms with Gasteiger partial charge in [-0.15, -0.1) is 0 Å². The average molecular weight is 303 g/mol. The Hall–Kier alpha value is -0.790. The van der Waals surface area contributed by atoms with E-state index in [1.54, 1.807) is 6.08 Å². The molecule has 1 heterocycles. The van der Waals surface area contributed by atoms with Crippen molar-refractivity contribution in [3.63, 3.8) is 0 Å². The van der Waals surface area contributed by atoms with Crippen molar-refractivity contribution < 1.29 is 4.79 Å². The molecule has 0 bridgehead atoms. The summed E-state index contributed by atoms with van der Waals surface area (Å²) in [5.41, 5.74) is 0.656. The van der Waals surface area contributed by atoms with E-state index in [0.29, 0.717) is 11.5 Å². The minimum Gasteiger partial charge on any atom is -0.349 e. The monoisotopic (exact) mass is 303 g/mol. The Kier molecular flexibility index (Phi) is 3.94. The van der Waals surface area contributed by atoms with Crippen LogP contribution in [0.4, 0.5) is 0 Å². The van der Waals surface area contributed by atoms with Gasteiger partial charge < -0.3 is 5.32 Å². The molecule has 2 saturated carbocycles. The molecule has 0 radical (unpaired) electrons. The molecular formula is C20H33NO. The highest BCUT2D eigenvalue weighted by Crippen LogP contribution is 2.61. The van der Waals surface area contributed by atoms with Gasteiger partial charge in [-0.2, -0.15) is 0 Å².